The van der Waals surface area contributed by atoms with Gasteiger partial charge < -0.3 is 33.8 Å². The molecule has 0 saturated heterocycles. The minimum atomic E-state index is -4.97. The Morgan fingerprint density at radius 2 is 0.360 bits per heavy atom. The van der Waals surface area contributed by atoms with Crippen molar-refractivity contribution in [1.82, 2.24) is 0 Å². The average Bonchev–Trinajstić information content (AvgIpc) is 0.898. The van der Waals surface area contributed by atoms with E-state index < -0.39 is 97.5 Å². The van der Waals surface area contributed by atoms with Crippen molar-refractivity contribution in [2.24, 2.45) is 0 Å². The molecule has 17 nitrogen and oxygen atoms in total. The Morgan fingerprint density at radius 1 is 0.216 bits per heavy atom. The van der Waals surface area contributed by atoms with E-state index >= 15 is 0 Å². The summed E-state index contributed by atoms with van der Waals surface area (Å²) < 4.78 is 69.1. The van der Waals surface area contributed by atoms with E-state index in [0.29, 0.717) is 25.7 Å². The van der Waals surface area contributed by atoms with Crippen molar-refractivity contribution in [3.8, 4) is 0 Å². The molecule has 0 bridgehead atoms. The van der Waals surface area contributed by atoms with Gasteiger partial charge in [-0.2, -0.15) is 0 Å². The lowest BCUT2D eigenvalue weighted by Gasteiger charge is -2.21. The first-order valence-corrected chi connectivity index (χ1v) is 50.8. The molecule has 0 heterocycles. The standard InChI is InChI=1S/C92H180O17P2/c1-5-9-13-17-21-25-29-32-35-38-40-42-44-46-49-52-55-59-63-67-71-75-79-92(97)109-88(83-103-90(95)77-73-69-65-61-57-53-50-48-45-43-41-39-36-33-30-26-22-18-14-10-6-2)85-107-111(100,101)105-81-86(93)80-104-110(98,99)106-84-87(82-102-89(94)76-72-68-64-60-56-28-24-20-16-12-8-4)108-91(96)78-74-70-66-62-58-54-51-47-37-34-31-27-23-19-15-11-7-3/h86-88,93H,5-85H2,1-4H3,(H,98,99)(H,100,101)/t86-,87+,88+/m0/s1. The van der Waals surface area contributed by atoms with Crippen LogP contribution in [-0.2, 0) is 65.4 Å². The molecule has 0 spiro atoms. The fraction of sp³-hybridized carbons (Fsp3) is 0.957. The Hall–Kier alpha value is -1.94. The molecule has 111 heavy (non-hydrogen) atoms. The van der Waals surface area contributed by atoms with E-state index in [-0.39, 0.29) is 25.7 Å². The molecule has 0 saturated carbocycles. The molecule has 2 unspecified atom stereocenters. The van der Waals surface area contributed by atoms with Gasteiger partial charge in [-0.25, -0.2) is 9.13 Å². The second-order valence-corrected chi connectivity index (χ2v) is 36.0. The van der Waals surface area contributed by atoms with Gasteiger partial charge in [0.15, 0.2) is 12.2 Å². The summed E-state index contributed by atoms with van der Waals surface area (Å²) in [6, 6.07) is 0. The van der Waals surface area contributed by atoms with Crippen LogP contribution in [0.25, 0.3) is 0 Å². The summed E-state index contributed by atoms with van der Waals surface area (Å²) in [7, 11) is -9.93. The van der Waals surface area contributed by atoms with Crippen molar-refractivity contribution >= 4 is 39.5 Å². The van der Waals surface area contributed by atoms with Crippen LogP contribution in [0.4, 0.5) is 0 Å². The minimum absolute atomic E-state index is 0.110. The number of esters is 4. The van der Waals surface area contributed by atoms with Crippen molar-refractivity contribution in [1.29, 1.82) is 0 Å². The van der Waals surface area contributed by atoms with Crippen LogP contribution < -0.4 is 0 Å². The summed E-state index contributed by atoms with van der Waals surface area (Å²) in [5.74, 6) is -2.09. The number of rotatable bonds is 93. The monoisotopic (exact) mass is 1620 g/mol. The Labute approximate surface area is 683 Å². The van der Waals surface area contributed by atoms with E-state index in [1.807, 2.05) is 0 Å². The highest BCUT2D eigenvalue weighted by atomic mass is 31.2. The van der Waals surface area contributed by atoms with Gasteiger partial charge in [-0.15, -0.1) is 0 Å². The maximum absolute atomic E-state index is 13.2. The second kappa shape index (κ2) is 85.9. The van der Waals surface area contributed by atoms with E-state index in [2.05, 4.69) is 27.7 Å². The van der Waals surface area contributed by atoms with Crippen molar-refractivity contribution in [2.75, 3.05) is 39.6 Å². The summed E-state index contributed by atoms with van der Waals surface area (Å²) in [5, 5.41) is 10.7. The first-order chi connectivity index (χ1) is 54.2. The number of carbonyl (C=O) groups excluding carboxylic acids is 4. The molecular formula is C92H180O17P2. The fourth-order valence-corrected chi connectivity index (χ4v) is 16.2. The number of phosphoric acid groups is 2. The largest absolute Gasteiger partial charge is 0.472 e. The molecule has 0 aliphatic rings. The van der Waals surface area contributed by atoms with Gasteiger partial charge in [-0.3, -0.25) is 37.3 Å². The number of ether oxygens (including phenoxy) is 4. The second-order valence-electron chi connectivity index (χ2n) is 33.1. The van der Waals surface area contributed by atoms with Crippen LogP contribution in [0.2, 0.25) is 0 Å². The van der Waals surface area contributed by atoms with Gasteiger partial charge in [0.1, 0.15) is 19.3 Å². The first-order valence-electron chi connectivity index (χ1n) is 47.8. The van der Waals surface area contributed by atoms with Crippen LogP contribution in [-0.4, -0.2) is 96.7 Å². The maximum Gasteiger partial charge on any atom is 0.472 e. The number of phosphoric ester groups is 2. The highest BCUT2D eigenvalue weighted by Gasteiger charge is 2.31. The number of hydrogen-bond donors (Lipinski definition) is 3. The van der Waals surface area contributed by atoms with E-state index in [1.165, 1.54) is 340 Å². The Kier molecular flexibility index (Phi) is 84.4. The van der Waals surface area contributed by atoms with Gasteiger partial charge in [0.2, 0.25) is 0 Å². The van der Waals surface area contributed by atoms with E-state index in [0.717, 1.165) is 89.9 Å². The highest BCUT2D eigenvalue weighted by Crippen LogP contribution is 2.45. The molecule has 0 aliphatic heterocycles. The third-order valence-electron chi connectivity index (χ3n) is 21.9. The number of hydrogen-bond acceptors (Lipinski definition) is 15. The summed E-state index contributed by atoms with van der Waals surface area (Å²) in [6.07, 6.45) is 83.5. The molecule has 0 aromatic carbocycles. The van der Waals surface area contributed by atoms with Crippen LogP contribution in [0.5, 0.6) is 0 Å². The lowest BCUT2D eigenvalue weighted by molar-refractivity contribution is -0.161. The van der Waals surface area contributed by atoms with Gasteiger partial charge in [0.25, 0.3) is 0 Å². The zero-order valence-electron chi connectivity index (χ0n) is 73.0. The number of aliphatic hydroxyl groups is 1. The van der Waals surface area contributed by atoms with Gasteiger partial charge >= 0.3 is 39.5 Å². The topological polar surface area (TPSA) is 237 Å². The summed E-state index contributed by atoms with van der Waals surface area (Å²) in [5.41, 5.74) is 0. The Balaban J connectivity index is 5.22. The molecule has 0 aromatic rings. The molecule has 3 N–H and O–H groups in total. The molecule has 19 heteroatoms. The third kappa shape index (κ3) is 85.8. The molecule has 660 valence electrons. The van der Waals surface area contributed by atoms with E-state index in [9.17, 15) is 43.2 Å². The Bertz CT molecular complexity index is 2090. The van der Waals surface area contributed by atoms with Crippen LogP contribution in [0.15, 0.2) is 0 Å². The van der Waals surface area contributed by atoms with Crippen molar-refractivity contribution in [3.05, 3.63) is 0 Å². The number of carbonyl (C=O) groups is 4. The van der Waals surface area contributed by atoms with Crippen molar-refractivity contribution in [3.63, 3.8) is 0 Å². The summed E-state index contributed by atoms with van der Waals surface area (Å²) in [6.45, 7) is 5.09. The normalized spacial score (nSPS) is 13.6. The number of unbranched alkanes of at least 4 members (excludes halogenated alkanes) is 67. The van der Waals surface area contributed by atoms with Crippen LogP contribution in [0, 0.1) is 0 Å². The highest BCUT2D eigenvalue weighted by molar-refractivity contribution is 7.47. The van der Waals surface area contributed by atoms with E-state index in [1.54, 1.807) is 0 Å². The van der Waals surface area contributed by atoms with Crippen LogP contribution in [0.1, 0.15) is 509 Å². The van der Waals surface area contributed by atoms with Crippen molar-refractivity contribution < 1.29 is 80.2 Å². The van der Waals surface area contributed by atoms with E-state index in [4.69, 9.17) is 37.0 Å². The molecule has 0 rings (SSSR count). The predicted molar refractivity (Wildman–Crippen MR) is 460 cm³/mol. The van der Waals surface area contributed by atoms with Gasteiger partial charge in [0, 0.05) is 25.7 Å². The maximum atomic E-state index is 13.2. The minimum Gasteiger partial charge on any atom is -0.462 e. The molecule has 0 aliphatic carbocycles. The predicted octanol–water partition coefficient (Wildman–Crippen LogP) is 28.9. The molecule has 0 radical (unpaired) electrons. The Morgan fingerprint density at radius 3 is 0.532 bits per heavy atom. The molecule has 0 fully saturated rings. The lowest BCUT2D eigenvalue weighted by atomic mass is 10.0. The quantitative estimate of drug-likeness (QED) is 0.0222. The van der Waals surface area contributed by atoms with Gasteiger partial charge in [-0.05, 0) is 25.7 Å². The first kappa shape index (κ1) is 109. The summed E-state index contributed by atoms with van der Waals surface area (Å²) >= 11 is 0. The third-order valence-corrected chi connectivity index (χ3v) is 23.8. The molecule has 0 aromatic heterocycles. The van der Waals surface area contributed by atoms with Crippen LogP contribution >= 0.6 is 15.6 Å². The zero-order chi connectivity index (χ0) is 81.0. The fourth-order valence-electron chi connectivity index (χ4n) is 14.6. The van der Waals surface area contributed by atoms with Crippen molar-refractivity contribution in [2.45, 2.75) is 528 Å². The van der Waals surface area contributed by atoms with Crippen LogP contribution in [0.3, 0.4) is 0 Å². The zero-order valence-corrected chi connectivity index (χ0v) is 74.7. The summed E-state index contributed by atoms with van der Waals surface area (Å²) in [4.78, 5) is 73.4. The van der Waals surface area contributed by atoms with Gasteiger partial charge in [0.05, 0.1) is 26.4 Å². The number of aliphatic hydroxyl groups excluding tert-OH is 1. The van der Waals surface area contributed by atoms with Gasteiger partial charge in [-0.1, -0.05) is 458 Å². The lowest BCUT2D eigenvalue weighted by Crippen LogP contribution is -2.30. The molecular weight excluding hydrogens is 1440 g/mol. The SMILES string of the molecule is CCCCCCCCCCCCCCCCCCCCCCCCC(=O)O[C@H](COC(=O)CCCCCCCCCCCCCCCCCCCCCCC)COP(=O)(O)OC[C@@H](O)COP(=O)(O)OC[C@@H](COC(=O)CCCCCCCCCCCCC)OC(=O)CCCCCCCCCCCCCCCCCCC. The molecule has 0 amide bonds. The average molecular weight is 1620 g/mol. The molecule has 5 atom stereocenters. The smallest absolute Gasteiger partial charge is 0.462 e.